The minimum absolute atomic E-state index is 0.433. The second-order valence-corrected chi connectivity index (χ2v) is 6.25. The molecule has 2 rings (SSSR count). The Morgan fingerprint density at radius 2 is 1.95 bits per heavy atom. The van der Waals surface area contributed by atoms with Gasteiger partial charge in [-0.15, -0.1) is 0 Å². The van der Waals surface area contributed by atoms with Crippen LogP contribution >= 0.6 is 15.9 Å². The molecular weight excluding hydrogens is 320 g/mol. The summed E-state index contributed by atoms with van der Waals surface area (Å²) in [5.74, 6) is -0.352. The van der Waals surface area contributed by atoms with Gasteiger partial charge in [-0.2, -0.15) is 0 Å². The van der Waals surface area contributed by atoms with Gasteiger partial charge in [-0.05, 0) is 49.4 Å². The van der Waals surface area contributed by atoms with Gasteiger partial charge in [-0.25, -0.2) is 0 Å². The Hall–Kier alpha value is -1.36. The highest BCUT2D eigenvalue weighted by Crippen LogP contribution is 2.20. The van der Waals surface area contributed by atoms with Crippen LogP contribution in [-0.2, 0) is 9.59 Å². The van der Waals surface area contributed by atoms with Crippen LogP contribution in [-0.4, -0.2) is 29.8 Å². The third kappa shape index (κ3) is 3.60. The number of likely N-dealkylation sites (tertiary alicyclic amines) is 1. The van der Waals surface area contributed by atoms with Gasteiger partial charge in [0.25, 0.3) is 0 Å². The van der Waals surface area contributed by atoms with E-state index in [1.54, 1.807) is 11.0 Å². The zero-order chi connectivity index (χ0) is 14.7. The number of carbonyl (C=O) groups is 2. The number of carbonyl (C=O) groups excluding carboxylic acids is 2. The van der Waals surface area contributed by atoms with Gasteiger partial charge in [0.1, 0.15) is 0 Å². The SMILES string of the molecule is Cc1cc(NC(=O)C(=O)N2CCC(C)CC2)ccc1Br. The number of rotatable bonds is 1. The van der Waals surface area contributed by atoms with Gasteiger partial charge < -0.3 is 10.2 Å². The summed E-state index contributed by atoms with van der Waals surface area (Å²) in [7, 11) is 0. The van der Waals surface area contributed by atoms with E-state index in [9.17, 15) is 9.59 Å². The van der Waals surface area contributed by atoms with Crippen molar-refractivity contribution in [2.75, 3.05) is 18.4 Å². The van der Waals surface area contributed by atoms with E-state index in [0.29, 0.717) is 24.7 Å². The van der Waals surface area contributed by atoms with E-state index < -0.39 is 11.8 Å². The number of halogens is 1. The highest BCUT2D eigenvalue weighted by Gasteiger charge is 2.25. The average molecular weight is 339 g/mol. The predicted octanol–water partition coefficient (Wildman–Crippen LogP) is 2.95. The van der Waals surface area contributed by atoms with E-state index in [0.717, 1.165) is 22.9 Å². The van der Waals surface area contributed by atoms with Crippen molar-refractivity contribution in [3.63, 3.8) is 0 Å². The molecule has 1 aromatic carbocycles. The number of nitrogens with one attached hydrogen (secondary N) is 1. The molecule has 0 atom stereocenters. The summed E-state index contributed by atoms with van der Waals surface area (Å²) in [6.45, 7) is 5.46. The van der Waals surface area contributed by atoms with E-state index in [4.69, 9.17) is 0 Å². The van der Waals surface area contributed by atoms with E-state index in [2.05, 4.69) is 28.2 Å². The van der Waals surface area contributed by atoms with E-state index in [1.807, 2.05) is 19.1 Å². The fourth-order valence-corrected chi connectivity index (χ4v) is 2.51. The molecule has 0 saturated carbocycles. The molecule has 20 heavy (non-hydrogen) atoms. The standard InChI is InChI=1S/C15H19BrN2O2/c1-10-5-7-18(8-6-10)15(20)14(19)17-12-3-4-13(16)11(2)9-12/h3-4,9-10H,5-8H2,1-2H3,(H,17,19). The number of hydrogen-bond donors (Lipinski definition) is 1. The van der Waals surface area contributed by atoms with Crippen LogP contribution < -0.4 is 5.32 Å². The smallest absolute Gasteiger partial charge is 0.313 e. The summed E-state index contributed by atoms with van der Waals surface area (Å²) in [4.78, 5) is 25.7. The number of aryl methyl sites for hydroxylation is 1. The first-order valence-corrected chi connectivity index (χ1v) is 7.63. The van der Waals surface area contributed by atoms with Crippen molar-refractivity contribution < 1.29 is 9.59 Å². The highest BCUT2D eigenvalue weighted by molar-refractivity contribution is 9.10. The first-order chi connectivity index (χ1) is 9.47. The van der Waals surface area contributed by atoms with Crippen LogP contribution in [0.1, 0.15) is 25.3 Å². The largest absolute Gasteiger partial charge is 0.334 e. The molecule has 1 N–H and O–H groups in total. The van der Waals surface area contributed by atoms with Crippen molar-refractivity contribution in [3.8, 4) is 0 Å². The minimum Gasteiger partial charge on any atom is -0.334 e. The van der Waals surface area contributed by atoms with Gasteiger partial charge in [-0.3, -0.25) is 9.59 Å². The number of anilines is 1. The van der Waals surface area contributed by atoms with Crippen LogP contribution in [0.25, 0.3) is 0 Å². The lowest BCUT2D eigenvalue weighted by Crippen LogP contribution is -2.43. The Labute approximate surface area is 127 Å². The Bertz CT molecular complexity index is 523. The average Bonchev–Trinajstić information content (AvgIpc) is 2.43. The fraction of sp³-hybridized carbons (Fsp3) is 0.467. The predicted molar refractivity (Wildman–Crippen MR) is 82.5 cm³/mol. The summed E-state index contributed by atoms with van der Waals surface area (Å²) in [5, 5.41) is 2.67. The lowest BCUT2D eigenvalue weighted by atomic mass is 9.99. The molecular formula is C15H19BrN2O2. The molecule has 1 aliphatic heterocycles. The molecule has 0 aliphatic carbocycles. The van der Waals surface area contributed by atoms with Gasteiger partial charge >= 0.3 is 11.8 Å². The zero-order valence-corrected chi connectivity index (χ0v) is 13.4. The van der Waals surface area contributed by atoms with Crippen molar-refractivity contribution in [1.82, 2.24) is 4.90 Å². The van der Waals surface area contributed by atoms with Crippen molar-refractivity contribution >= 4 is 33.4 Å². The molecule has 4 nitrogen and oxygen atoms in total. The van der Waals surface area contributed by atoms with Crippen LogP contribution in [0, 0.1) is 12.8 Å². The summed E-state index contributed by atoms with van der Waals surface area (Å²) >= 11 is 3.40. The number of piperidine rings is 1. The Morgan fingerprint density at radius 3 is 2.55 bits per heavy atom. The maximum Gasteiger partial charge on any atom is 0.313 e. The molecule has 5 heteroatoms. The first-order valence-electron chi connectivity index (χ1n) is 6.84. The number of amides is 2. The zero-order valence-electron chi connectivity index (χ0n) is 11.8. The summed E-state index contributed by atoms with van der Waals surface area (Å²) in [6.07, 6.45) is 1.94. The van der Waals surface area contributed by atoms with Crippen molar-refractivity contribution in [1.29, 1.82) is 0 Å². The highest BCUT2D eigenvalue weighted by atomic mass is 79.9. The molecule has 1 fully saturated rings. The van der Waals surface area contributed by atoms with Crippen LogP contribution in [0.4, 0.5) is 5.69 Å². The molecule has 0 radical (unpaired) electrons. The quantitative estimate of drug-likeness (QED) is 0.800. The summed E-state index contributed by atoms with van der Waals surface area (Å²) in [5.41, 5.74) is 1.66. The van der Waals surface area contributed by atoms with Gasteiger partial charge in [0.05, 0.1) is 0 Å². The van der Waals surface area contributed by atoms with Crippen molar-refractivity contribution in [3.05, 3.63) is 28.2 Å². The summed E-state index contributed by atoms with van der Waals surface area (Å²) < 4.78 is 0.979. The van der Waals surface area contributed by atoms with Crippen LogP contribution in [0.3, 0.4) is 0 Å². The lowest BCUT2D eigenvalue weighted by molar-refractivity contribution is -0.144. The first kappa shape index (κ1) is 15.0. The number of nitrogens with zero attached hydrogens (tertiary/aromatic N) is 1. The molecule has 1 aromatic rings. The third-order valence-corrected chi connectivity index (χ3v) is 4.57. The van der Waals surface area contributed by atoms with Gasteiger partial charge in [0, 0.05) is 23.2 Å². The fourth-order valence-electron chi connectivity index (χ4n) is 2.26. The Balaban J connectivity index is 1.97. The van der Waals surface area contributed by atoms with Crippen LogP contribution in [0.15, 0.2) is 22.7 Å². The van der Waals surface area contributed by atoms with Crippen LogP contribution in [0.2, 0.25) is 0 Å². The van der Waals surface area contributed by atoms with E-state index >= 15 is 0 Å². The Morgan fingerprint density at radius 1 is 1.30 bits per heavy atom. The second kappa shape index (κ2) is 6.39. The molecule has 0 unspecified atom stereocenters. The van der Waals surface area contributed by atoms with Crippen molar-refractivity contribution in [2.45, 2.75) is 26.7 Å². The topological polar surface area (TPSA) is 49.4 Å². The second-order valence-electron chi connectivity index (χ2n) is 5.39. The summed E-state index contributed by atoms with van der Waals surface area (Å²) in [6, 6.07) is 5.48. The maximum atomic E-state index is 12.1. The van der Waals surface area contributed by atoms with Crippen LogP contribution in [0.5, 0.6) is 0 Å². The molecule has 2 amide bonds. The number of hydrogen-bond acceptors (Lipinski definition) is 2. The van der Waals surface area contributed by atoms with Crippen molar-refractivity contribution in [2.24, 2.45) is 5.92 Å². The molecule has 1 aliphatic rings. The molecule has 0 bridgehead atoms. The minimum atomic E-state index is -0.554. The maximum absolute atomic E-state index is 12.1. The number of benzene rings is 1. The lowest BCUT2D eigenvalue weighted by Gasteiger charge is -2.29. The molecule has 0 aromatic heterocycles. The van der Waals surface area contributed by atoms with Gasteiger partial charge in [0.2, 0.25) is 0 Å². The molecule has 1 saturated heterocycles. The van der Waals surface area contributed by atoms with E-state index in [1.165, 1.54) is 0 Å². The molecule has 0 spiro atoms. The van der Waals surface area contributed by atoms with Gasteiger partial charge in [-0.1, -0.05) is 22.9 Å². The third-order valence-electron chi connectivity index (χ3n) is 3.68. The Kier molecular flexibility index (Phi) is 4.81. The normalized spacial score (nSPS) is 16.1. The monoisotopic (exact) mass is 338 g/mol. The van der Waals surface area contributed by atoms with E-state index in [-0.39, 0.29) is 0 Å². The van der Waals surface area contributed by atoms with Gasteiger partial charge in [0.15, 0.2) is 0 Å². The molecule has 1 heterocycles. The molecule has 108 valence electrons.